The Kier molecular flexibility index (Phi) is 5.06. The Labute approximate surface area is 119 Å². The van der Waals surface area contributed by atoms with Gasteiger partial charge in [0.1, 0.15) is 0 Å². The van der Waals surface area contributed by atoms with Crippen LogP contribution in [0.25, 0.3) is 0 Å². The van der Waals surface area contributed by atoms with Crippen LogP contribution in [-0.2, 0) is 0 Å². The van der Waals surface area contributed by atoms with Crippen LogP contribution in [0.3, 0.4) is 0 Å². The molecule has 5 nitrogen and oxygen atoms in total. The topological polar surface area (TPSA) is 75.1 Å². The van der Waals surface area contributed by atoms with Gasteiger partial charge in [-0.3, -0.25) is 4.79 Å². The molecule has 1 aliphatic carbocycles. The number of aliphatic hydroxyl groups is 1. The minimum atomic E-state index is -0.479. The zero-order chi connectivity index (χ0) is 14.4. The molecule has 0 unspecified atom stereocenters. The van der Waals surface area contributed by atoms with Gasteiger partial charge >= 0.3 is 0 Å². The molecule has 1 heterocycles. The number of nitrogens with one attached hydrogen (secondary N) is 1. The maximum absolute atomic E-state index is 12.4. The molecule has 1 aliphatic rings. The molecule has 0 radical (unpaired) electrons. The monoisotopic (exact) mass is 277 g/mol. The molecular formula is C15H23N3O2. The molecule has 5 heteroatoms. The second-order valence-electron chi connectivity index (χ2n) is 5.69. The fourth-order valence-electron chi connectivity index (χ4n) is 2.86. The zero-order valence-corrected chi connectivity index (χ0v) is 12.1. The van der Waals surface area contributed by atoms with Gasteiger partial charge in [-0.2, -0.15) is 10.2 Å². The maximum Gasteiger partial charge on any atom is 0.253 e. The van der Waals surface area contributed by atoms with Crippen molar-refractivity contribution in [2.24, 2.45) is 0 Å². The van der Waals surface area contributed by atoms with Gasteiger partial charge in [-0.15, -0.1) is 0 Å². The van der Waals surface area contributed by atoms with Gasteiger partial charge in [-0.1, -0.05) is 32.1 Å². The molecule has 1 fully saturated rings. The molecule has 0 saturated heterocycles. The van der Waals surface area contributed by atoms with Crippen LogP contribution in [0.4, 0.5) is 0 Å². The summed E-state index contributed by atoms with van der Waals surface area (Å²) in [5.41, 5.74) is 0.673. The number of hydrogen-bond acceptors (Lipinski definition) is 4. The van der Waals surface area contributed by atoms with Crippen molar-refractivity contribution in [2.45, 2.75) is 57.4 Å². The van der Waals surface area contributed by atoms with Crippen LogP contribution in [0.2, 0.25) is 0 Å². The molecular weight excluding hydrogens is 254 g/mol. The zero-order valence-electron chi connectivity index (χ0n) is 12.1. The molecule has 0 atom stereocenters. The predicted octanol–water partition coefficient (Wildman–Crippen LogP) is 1.99. The molecule has 20 heavy (non-hydrogen) atoms. The quantitative estimate of drug-likeness (QED) is 0.886. The van der Waals surface area contributed by atoms with Gasteiger partial charge in [-0.25, -0.2) is 0 Å². The van der Waals surface area contributed by atoms with Crippen LogP contribution in [-0.4, -0.2) is 33.4 Å². The van der Waals surface area contributed by atoms with E-state index in [9.17, 15) is 9.90 Å². The van der Waals surface area contributed by atoms with Gasteiger partial charge in [0, 0.05) is 0 Å². The van der Waals surface area contributed by atoms with Crippen molar-refractivity contribution < 1.29 is 9.90 Å². The van der Waals surface area contributed by atoms with E-state index in [1.54, 1.807) is 13.0 Å². The first-order valence-corrected chi connectivity index (χ1v) is 7.38. The summed E-state index contributed by atoms with van der Waals surface area (Å²) in [6.45, 7) is 1.77. The van der Waals surface area contributed by atoms with Crippen LogP contribution >= 0.6 is 0 Å². The van der Waals surface area contributed by atoms with E-state index in [0.717, 1.165) is 25.7 Å². The third-order valence-electron chi connectivity index (χ3n) is 4.14. The smallest absolute Gasteiger partial charge is 0.253 e. The Morgan fingerprint density at radius 2 is 1.95 bits per heavy atom. The fraction of sp³-hybridized carbons (Fsp3) is 0.667. The average molecular weight is 277 g/mol. The largest absolute Gasteiger partial charge is 0.394 e. The second-order valence-corrected chi connectivity index (χ2v) is 5.69. The van der Waals surface area contributed by atoms with Gasteiger partial charge in [-0.05, 0) is 25.8 Å². The lowest BCUT2D eigenvalue weighted by Crippen LogP contribution is -2.51. The van der Waals surface area contributed by atoms with Crippen molar-refractivity contribution in [1.29, 1.82) is 0 Å². The van der Waals surface area contributed by atoms with Crippen molar-refractivity contribution >= 4 is 5.91 Å². The summed E-state index contributed by atoms with van der Waals surface area (Å²) in [5.74, 6) is -0.160. The maximum atomic E-state index is 12.4. The highest BCUT2D eigenvalue weighted by Crippen LogP contribution is 2.26. The van der Waals surface area contributed by atoms with Crippen molar-refractivity contribution in [3.05, 3.63) is 23.5 Å². The van der Waals surface area contributed by atoms with Crippen molar-refractivity contribution in [3.63, 3.8) is 0 Å². The number of aromatic nitrogens is 2. The Bertz CT molecular complexity index is 454. The normalized spacial score (nSPS) is 18.9. The lowest BCUT2D eigenvalue weighted by Gasteiger charge is -2.34. The summed E-state index contributed by atoms with van der Waals surface area (Å²) in [6, 6.07) is 1.67. The number of aryl methyl sites for hydroxylation is 1. The number of carbonyl (C=O) groups is 1. The van der Waals surface area contributed by atoms with Crippen LogP contribution in [0.15, 0.2) is 12.3 Å². The van der Waals surface area contributed by atoms with E-state index in [2.05, 4.69) is 15.5 Å². The molecule has 2 N–H and O–H groups in total. The molecule has 0 spiro atoms. The van der Waals surface area contributed by atoms with Gasteiger partial charge in [0.25, 0.3) is 5.91 Å². The summed E-state index contributed by atoms with van der Waals surface area (Å²) in [6.07, 6.45) is 8.90. The number of rotatable bonds is 3. The van der Waals surface area contributed by atoms with Gasteiger partial charge < -0.3 is 10.4 Å². The van der Waals surface area contributed by atoms with Crippen LogP contribution in [0.1, 0.15) is 61.0 Å². The molecule has 1 aromatic heterocycles. The number of hydrogen-bond donors (Lipinski definition) is 2. The highest BCUT2D eigenvalue weighted by molar-refractivity contribution is 5.95. The fourth-order valence-corrected chi connectivity index (χ4v) is 2.86. The average Bonchev–Trinajstić information content (AvgIpc) is 2.42. The molecule has 1 aromatic rings. The van der Waals surface area contributed by atoms with E-state index in [4.69, 9.17) is 0 Å². The van der Waals surface area contributed by atoms with E-state index < -0.39 is 5.54 Å². The summed E-state index contributed by atoms with van der Waals surface area (Å²) in [5, 5.41) is 20.5. The summed E-state index contributed by atoms with van der Waals surface area (Å²) >= 11 is 0. The lowest BCUT2D eigenvalue weighted by molar-refractivity contribution is 0.0781. The van der Waals surface area contributed by atoms with Crippen molar-refractivity contribution in [1.82, 2.24) is 15.5 Å². The predicted molar refractivity (Wildman–Crippen MR) is 76.4 cm³/mol. The Morgan fingerprint density at radius 3 is 2.55 bits per heavy atom. The summed E-state index contributed by atoms with van der Waals surface area (Å²) < 4.78 is 0. The number of nitrogens with zero attached hydrogens (tertiary/aromatic N) is 2. The van der Waals surface area contributed by atoms with E-state index >= 15 is 0 Å². The Hall–Kier alpha value is -1.49. The number of aliphatic hydroxyl groups excluding tert-OH is 1. The first kappa shape index (κ1) is 14.9. The van der Waals surface area contributed by atoms with Gasteiger partial charge in [0.05, 0.1) is 29.6 Å². The summed E-state index contributed by atoms with van der Waals surface area (Å²) in [7, 11) is 0. The molecule has 1 amide bonds. The number of carbonyl (C=O) groups excluding carboxylic acids is 1. The van der Waals surface area contributed by atoms with Crippen LogP contribution < -0.4 is 5.32 Å². The molecule has 0 aromatic carbocycles. The molecule has 2 rings (SSSR count). The molecule has 1 saturated carbocycles. The third-order valence-corrected chi connectivity index (χ3v) is 4.14. The second kappa shape index (κ2) is 6.79. The van der Waals surface area contributed by atoms with Crippen molar-refractivity contribution in [3.8, 4) is 0 Å². The van der Waals surface area contributed by atoms with E-state index in [1.165, 1.54) is 25.5 Å². The minimum Gasteiger partial charge on any atom is -0.394 e. The van der Waals surface area contributed by atoms with Gasteiger partial charge in [0.2, 0.25) is 0 Å². The summed E-state index contributed by atoms with van der Waals surface area (Å²) in [4.78, 5) is 12.4. The molecule has 110 valence electrons. The number of amides is 1. The van der Waals surface area contributed by atoms with Crippen molar-refractivity contribution in [2.75, 3.05) is 6.61 Å². The third kappa shape index (κ3) is 3.54. The van der Waals surface area contributed by atoms with E-state index in [1.807, 2.05) is 0 Å². The lowest BCUT2D eigenvalue weighted by atomic mass is 9.84. The minimum absolute atomic E-state index is 0.00367. The molecule has 0 bridgehead atoms. The van der Waals surface area contributed by atoms with Crippen LogP contribution in [0, 0.1) is 6.92 Å². The molecule has 0 aliphatic heterocycles. The van der Waals surface area contributed by atoms with E-state index in [-0.39, 0.29) is 12.5 Å². The Balaban J connectivity index is 2.12. The first-order valence-electron chi connectivity index (χ1n) is 7.38. The standard InChI is InChI=1S/C15H23N3O2/c1-12-13(7-10-16-18-12)14(20)17-15(11-19)8-5-3-2-4-6-9-15/h7,10,19H,2-6,8-9,11H2,1H3,(H,17,20). The highest BCUT2D eigenvalue weighted by atomic mass is 16.3. The Morgan fingerprint density at radius 1 is 1.30 bits per heavy atom. The van der Waals surface area contributed by atoms with E-state index in [0.29, 0.717) is 11.3 Å². The highest BCUT2D eigenvalue weighted by Gasteiger charge is 2.31. The van der Waals surface area contributed by atoms with Crippen LogP contribution in [0.5, 0.6) is 0 Å². The van der Waals surface area contributed by atoms with Gasteiger partial charge in [0.15, 0.2) is 0 Å². The first-order chi connectivity index (χ1) is 9.67. The SMILES string of the molecule is Cc1nnccc1C(=O)NC1(CO)CCCCCCC1.